The summed E-state index contributed by atoms with van der Waals surface area (Å²) in [6.45, 7) is 10.9. The molecule has 0 saturated carbocycles. The minimum atomic E-state index is -0.460. The average molecular weight is 422 g/mol. The molecule has 0 aliphatic carbocycles. The lowest BCUT2D eigenvalue weighted by molar-refractivity contribution is -0.131. The maximum absolute atomic E-state index is 13.7. The molecule has 0 spiro atoms. The number of nitrogens with one attached hydrogen (secondary N) is 2. The Hall–Kier alpha value is -3.58. The molecule has 3 aromatic rings. The Bertz CT molecular complexity index is 1150. The van der Waals surface area contributed by atoms with Gasteiger partial charge in [0.25, 0.3) is 0 Å². The summed E-state index contributed by atoms with van der Waals surface area (Å²) in [5.74, 6) is 0.263. The first-order valence-corrected chi connectivity index (χ1v) is 10.1. The Balaban J connectivity index is 1.55. The van der Waals surface area contributed by atoms with Crippen molar-refractivity contribution in [2.75, 3.05) is 25.0 Å². The van der Waals surface area contributed by atoms with Crippen LogP contribution in [0.4, 0.5) is 16.0 Å². The number of amides is 1. The Kier molecular flexibility index (Phi) is 5.77. The van der Waals surface area contributed by atoms with Gasteiger partial charge in [0.1, 0.15) is 11.5 Å². The van der Waals surface area contributed by atoms with Crippen molar-refractivity contribution in [2.24, 2.45) is 11.7 Å². The number of fused-ring (bicyclic) bond motifs is 1. The number of carbonyl (C=O) groups is 1. The summed E-state index contributed by atoms with van der Waals surface area (Å²) in [6, 6.07) is 1.44. The van der Waals surface area contributed by atoms with Crippen molar-refractivity contribution < 1.29 is 9.18 Å². The second-order valence-corrected chi connectivity index (χ2v) is 7.65. The highest BCUT2D eigenvalue weighted by atomic mass is 19.1. The predicted octanol–water partition coefficient (Wildman–Crippen LogP) is 2.71. The molecule has 1 unspecified atom stereocenters. The summed E-state index contributed by atoms with van der Waals surface area (Å²) >= 11 is 0. The Morgan fingerprint density at radius 1 is 1.42 bits per heavy atom. The third-order valence-corrected chi connectivity index (χ3v) is 5.77. The van der Waals surface area contributed by atoms with Crippen LogP contribution >= 0.6 is 0 Å². The first-order valence-electron chi connectivity index (χ1n) is 10.1. The van der Waals surface area contributed by atoms with E-state index in [-0.39, 0.29) is 24.2 Å². The third-order valence-electron chi connectivity index (χ3n) is 5.77. The third kappa shape index (κ3) is 4.18. The van der Waals surface area contributed by atoms with Gasteiger partial charge >= 0.3 is 0 Å². The van der Waals surface area contributed by atoms with Crippen LogP contribution in [0.3, 0.4) is 0 Å². The van der Waals surface area contributed by atoms with E-state index < -0.39 is 5.82 Å². The topological polar surface area (TPSA) is 117 Å². The van der Waals surface area contributed by atoms with Crippen LogP contribution in [0, 0.1) is 18.3 Å². The number of anilines is 1. The zero-order valence-corrected chi connectivity index (χ0v) is 17.1. The van der Waals surface area contributed by atoms with Crippen molar-refractivity contribution in [1.29, 1.82) is 0 Å². The van der Waals surface area contributed by atoms with E-state index in [9.17, 15) is 9.18 Å². The van der Waals surface area contributed by atoms with E-state index >= 15 is 0 Å². The van der Waals surface area contributed by atoms with Gasteiger partial charge in [-0.1, -0.05) is 0 Å². The van der Waals surface area contributed by atoms with E-state index in [1.807, 2.05) is 0 Å². The molecule has 0 bridgehead atoms. The summed E-state index contributed by atoms with van der Waals surface area (Å²) in [4.78, 5) is 33.0. The van der Waals surface area contributed by atoms with Crippen LogP contribution in [-0.2, 0) is 4.79 Å². The van der Waals surface area contributed by atoms with Gasteiger partial charge in [-0.2, -0.15) is 0 Å². The molecule has 0 radical (unpaired) electrons. The van der Waals surface area contributed by atoms with Crippen LogP contribution in [-0.4, -0.2) is 56.4 Å². The molecule has 1 aliphatic rings. The normalized spacial score (nSPS) is 15.6. The summed E-state index contributed by atoms with van der Waals surface area (Å²) in [5, 5.41) is 3.88. The molecule has 160 valence electrons. The molecule has 3 aromatic heterocycles. The number of aromatic amines is 1. The molecule has 0 aromatic carbocycles. The highest BCUT2D eigenvalue weighted by molar-refractivity contribution is 5.96. The number of likely N-dealkylation sites (tertiary alicyclic amines) is 1. The van der Waals surface area contributed by atoms with Gasteiger partial charge in [0.2, 0.25) is 17.5 Å². The largest absolute Gasteiger partial charge is 0.352 e. The van der Waals surface area contributed by atoms with E-state index in [1.54, 1.807) is 11.1 Å². The van der Waals surface area contributed by atoms with Crippen molar-refractivity contribution in [3.05, 3.63) is 41.9 Å². The highest BCUT2D eigenvalue weighted by Gasteiger charge is 2.26. The zero-order chi connectivity index (χ0) is 22.0. The Labute approximate surface area is 178 Å². The fourth-order valence-corrected chi connectivity index (χ4v) is 4.00. The molecule has 1 amide bonds. The van der Waals surface area contributed by atoms with Gasteiger partial charge in [0.15, 0.2) is 0 Å². The number of hydrogen-bond acceptors (Lipinski definition) is 6. The standard InChI is InChI=1S/C21H23FN8O/c1-12(13-3-5-30(6-4-13)18(31)8-23)28-21-27-11-17(24-2)19(29-21)16-10-26-20-15(16)7-14(22)9-25-20/h7,9-13H,3-6,8,23H2,1H3,(H,25,26)(H,27,28,29). The van der Waals surface area contributed by atoms with Crippen LogP contribution in [0.2, 0.25) is 0 Å². The minimum Gasteiger partial charge on any atom is -0.352 e. The molecular weight excluding hydrogens is 399 g/mol. The molecule has 1 atom stereocenters. The number of rotatable bonds is 5. The molecule has 1 fully saturated rings. The highest BCUT2D eigenvalue weighted by Crippen LogP contribution is 2.34. The average Bonchev–Trinajstić information content (AvgIpc) is 3.21. The fourth-order valence-electron chi connectivity index (χ4n) is 4.00. The number of halogens is 1. The molecule has 4 rings (SSSR count). The molecule has 4 N–H and O–H groups in total. The molecule has 4 heterocycles. The van der Waals surface area contributed by atoms with Gasteiger partial charge in [0.05, 0.1) is 25.0 Å². The van der Waals surface area contributed by atoms with Gasteiger partial charge in [-0.15, -0.1) is 0 Å². The van der Waals surface area contributed by atoms with E-state index in [1.165, 1.54) is 12.3 Å². The molecule has 1 saturated heterocycles. The SMILES string of the molecule is [C-]#[N+]c1cnc(NC(C)C2CCN(C(=O)CN)CC2)nc1-c1c[nH]c2ncc(F)cc12. The van der Waals surface area contributed by atoms with Gasteiger partial charge in [-0.05, 0) is 31.7 Å². The van der Waals surface area contributed by atoms with Crippen LogP contribution in [0.5, 0.6) is 0 Å². The van der Waals surface area contributed by atoms with E-state index in [2.05, 4.69) is 37.0 Å². The lowest BCUT2D eigenvalue weighted by Gasteiger charge is -2.35. The summed E-state index contributed by atoms with van der Waals surface area (Å²) in [7, 11) is 0. The lowest BCUT2D eigenvalue weighted by atomic mass is 9.90. The quantitative estimate of drug-likeness (QED) is 0.544. The first kappa shape index (κ1) is 20.7. The second-order valence-electron chi connectivity index (χ2n) is 7.65. The van der Waals surface area contributed by atoms with E-state index in [4.69, 9.17) is 12.3 Å². The Morgan fingerprint density at radius 2 is 2.19 bits per heavy atom. The van der Waals surface area contributed by atoms with Gasteiger partial charge in [0, 0.05) is 42.5 Å². The van der Waals surface area contributed by atoms with Gasteiger partial charge < -0.3 is 20.9 Å². The predicted molar refractivity (Wildman–Crippen MR) is 115 cm³/mol. The summed E-state index contributed by atoms with van der Waals surface area (Å²) in [5.41, 5.74) is 7.26. The monoisotopic (exact) mass is 422 g/mol. The molecule has 10 heteroatoms. The molecule has 1 aliphatic heterocycles. The number of nitrogens with two attached hydrogens (primary N) is 1. The maximum atomic E-state index is 13.7. The van der Waals surface area contributed by atoms with Crippen molar-refractivity contribution in [2.45, 2.75) is 25.8 Å². The first-order chi connectivity index (χ1) is 15.0. The number of pyridine rings is 1. The van der Waals surface area contributed by atoms with E-state index in [0.717, 1.165) is 19.0 Å². The van der Waals surface area contributed by atoms with Crippen LogP contribution in [0.25, 0.3) is 27.1 Å². The fraction of sp³-hybridized carbons (Fsp3) is 0.381. The number of piperidine rings is 1. The van der Waals surface area contributed by atoms with Gasteiger partial charge in [-0.25, -0.2) is 24.2 Å². The number of nitrogens with zero attached hydrogens (tertiary/aromatic N) is 5. The second kappa shape index (κ2) is 8.65. The van der Waals surface area contributed by atoms with Crippen LogP contribution in [0.15, 0.2) is 24.7 Å². The van der Waals surface area contributed by atoms with Crippen molar-refractivity contribution >= 4 is 28.6 Å². The number of H-pyrrole nitrogens is 1. The van der Waals surface area contributed by atoms with Crippen molar-refractivity contribution in [3.8, 4) is 11.3 Å². The van der Waals surface area contributed by atoms with Crippen LogP contribution < -0.4 is 11.1 Å². The Morgan fingerprint density at radius 3 is 2.90 bits per heavy atom. The molecule has 9 nitrogen and oxygen atoms in total. The summed E-state index contributed by atoms with van der Waals surface area (Å²) in [6.07, 6.45) is 6.00. The summed E-state index contributed by atoms with van der Waals surface area (Å²) < 4.78 is 13.7. The van der Waals surface area contributed by atoms with E-state index in [0.29, 0.717) is 47.2 Å². The zero-order valence-electron chi connectivity index (χ0n) is 17.1. The van der Waals surface area contributed by atoms with Gasteiger partial charge in [-0.3, -0.25) is 4.79 Å². The minimum absolute atomic E-state index is 0.0218. The number of aromatic nitrogens is 4. The lowest BCUT2D eigenvalue weighted by Crippen LogP contribution is -2.44. The smallest absolute Gasteiger partial charge is 0.236 e. The maximum Gasteiger partial charge on any atom is 0.236 e. The number of carbonyl (C=O) groups excluding carboxylic acids is 1. The van der Waals surface area contributed by atoms with Crippen LogP contribution in [0.1, 0.15) is 19.8 Å². The molecular formula is C21H23FN8O. The van der Waals surface area contributed by atoms with Crippen molar-refractivity contribution in [3.63, 3.8) is 0 Å². The number of hydrogen-bond donors (Lipinski definition) is 3. The van der Waals surface area contributed by atoms with Crippen molar-refractivity contribution in [1.82, 2.24) is 24.8 Å². The molecule has 31 heavy (non-hydrogen) atoms.